The summed E-state index contributed by atoms with van der Waals surface area (Å²) in [4.78, 5) is 13.7. The third-order valence-electron chi connectivity index (χ3n) is 2.84. The Balaban J connectivity index is 1.96. The average Bonchev–Trinajstić information content (AvgIpc) is 2.68. The van der Waals surface area contributed by atoms with Gasteiger partial charge in [0, 0.05) is 25.7 Å². The van der Waals surface area contributed by atoms with Gasteiger partial charge in [-0.1, -0.05) is 6.07 Å². The van der Waals surface area contributed by atoms with Crippen molar-refractivity contribution in [2.24, 2.45) is 0 Å². The third kappa shape index (κ3) is 3.37. The third-order valence-corrected chi connectivity index (χ3v) is 2.84. The molecule has 0 aliphatic carbocycles. The van der Waals surface area contributed by atoms with E-state index in [0.717, 1.165) is 26.1 Å². The van der Waals surface area contributed by atoms with E-state index in [9.17, 15) is 4.79 Å². The number of hydrogen-bond acceptors (Lipinski definition) is 4. The molecule has 1 heterocycles. The minimum atomic E-state index is -0.299. The molecular weight excluding hydrogens is 232 g/mol. The molecule has 1 aliphatic heterocycles. The van der Waals surface area contributed by atoms with Crippen molar-refractivity contribution in [2.45, 2.75) is 6.42 Å². The van der Waals surface area contributed by atoms with Gasteiger partial charge in [0.05, 0.1) is 7.11 Å². The highest BCUT2D eigenvalue weighted by molar-refractivity contribution is 5.70. The first kappa shape index (κ1) is 12.7. The topological polar surface area (TPSA) is 50.8 Å². The van der Waals surface area contributed by atoms with Crippen molar-refractivity contribution in [3.05, 3.63) is 24.3 Å². The van der Waals surface area contributed by atoms with Crippen LogP contribution in [0.1, 0.15) is 6.42 Å². The van der Waals surface area contributed by atoms with E-state index < -0.39 is 0 Å². The molecule has 1 fully saturated rings. The molecule has 0 saturated carbocycles. The van der Waals surface area contributed by atoms with Gasteiger partial charge >= 0.3 is 6.09 Å². The molecular formula is C13H18N2O3. The summed E-state index contributed by atoms with van der Waals surface area (Å²) >= 11 is 0. The maximum Gasteiger partial charge on any atom is 0.415 e. The molecule has 2 rings (SSSR count). The second kappa shape index (κ2) is 6.26. The number of carbonyl (C=O) groups is 1. The normalized spacial score (nSPS) is 15.9. The lowest BCUT2D eigenvalue weighted by atomic mass is 10.3. The first-order chi connectivity index (χ1) is 8.79. The molecule has 1 aromatic carbocycles. The Bertz CT molecular complexity index is 401. The predicted octanol–water partition coefficient (Wildman–Crippen LogP) is 1.49. The number of nitrogens with zero attached hydrogens (tertiary/aromatic N) is 1. The van der Waals surface area contributed by atoms with E-state index in [1.807, 2.05) is 6.07 Å². The zero-order valence-corrected chi connectivity index (χ0v) is 10.5. The number of rotatable bonds is 2. The van der Waals surface area contributed by atoms with Crippen LogP contribution in [0.5, 0.6) is 11.5 Å². The number of carbonyl (C=O) groups excluding carboxylic acids is 1. The molecule has 0 aromatic heterocycles. The molecule has 0 bridgehead atoms. The summed E-state index contributed by atoms with van der Waals surface area (Å²) in [5.41, 5.74) is 0. The Labute approximate surface area is 107 Å². The van der Waals surface area contributed by atoms with E-state index in [1.54, 1.807) is 30.2 Å². The van der Waals surface area contributed by atoms with E-state index >= 15 is 0 Å². The highest BCUT2D eigenvalue weighted by Crippen LogP contribution is 2.19. The summed E-state index contributed by atoms with van der Waals surface area (Å²) in [7, 11) is 1.58. The number of nitrogens with one attached hydrogen (secondary N) is 1. The van der Waals surface area contributed by atoms with Gasteiger partial charge in [-0.05, 0) is 25.1 Å². The van der Waals surface area contributed by atoms with Gasteiger partial charge in [-0.2, -0.15) is 0 Å². The minimum Gasteiger partial charge on any atom is -0.497 e. The summed E-state index contributed by atoms with van der Waals surface area (Å²) < 4.78 is 10.4. The second-order valence-corrected chi connectivity index (χ2v) is 4.14. The van der Waals surface area contributed by atoms with Gasteiger partial charge in [-0.25, -0.2) is 4.79 Å². The molecule has 98 valence electrons. The van der Waals surface area contributed by atoms with E-state index in [1.165, 1.54) is 0 Å². The molecule has 0 unspecified atom stereocenters. The van der Waals surface area contributed by atoms with Crippen LogP contribution in [0.15, 0.2) is 24.3 Å². The van der Waals surface area contributed by atoms with Crippen LogP contribution >= 0.6 is 0 Å². The molecule has 1 saturated heterocycles. The van der Waals surface area contributed by atoms with Gasteiger partial charge in [0.25, 0.3) is 0 Å². The van der Waals surface area contributed by atoms with E-state index in [0.29, 0.717) is 18.0 Å². The molecule has 0 radical (unpaired) electrons. The second-order valence-electron chi connectivity index (χ2n) is 4.14. The SMILES string of the molecule is COc1cccc(OC(=O)N2CCCNCC2)c1. The van der Waals surface area contributed by atoms with Crippen molar-refractivity contribution in [3.8, 4) is 11.5 Å². The van der Waals surface area contributed by atoms with Gasteiger partial charge in [0.1, 0.15) is 11.5 Å². The lowest BCUT2D eigenvalue weighted by Gasteiger charge is -2.19. The van der Waals surface area contributed by atoms with Crippen LogP contribution in [-0.4, -0.2) is 44.3 Å². The standard InChI is InChI=1S/C13H18N2O3/c1-17-11-4-2-5-12(10-11)18-13(16)15-8-3-6-14-7-9-15/h2,4-5,10,14H,3,6-9H2,1H3. The zero-order valence-electron chi connectivity index (χ0n) is 10.5. The number of ether oxygens (including phenoxy) is 2. The number of benzene rings is 1. The fraction of sp³-hybridized carbons (Fsp3) is 0.462. The summed E-state index contributed by atoms with van der Waals surface area (Å²) in [6.07, 6.45) is 0.652. The maximum absolute atomic E-state index is 12.0. The highest BCUT2D eigenvalue weighted by Gasteiger charge is 2.17. The van der Waals surface area contributed by atoms with Gasteiger partial charge in [0.15, 0.2) is 0 Å². The molecule has 0 atom stereocenters. The molecule has 5 heteroatoms. The van der Waals surface area contributed by atoms with Crippen LogP contribution in [-0.2, 0) is 0 Å². The monoisotopic (exact) mass is 250 g/mol. The molecule has 5 nitrogen and oxygen atoms in total. The zero-order chi connectivity index (χ0) is 12.8. The average molecular weight is 250 g/mol. The van der Waals surface area contributed by atoms with Crippen LogP contribution in [0.3, 0.4) is 0 Å². The van der Waals surface area contributed by atoms with Crippen molar-refractivity contribution < 1.29 is 14.3 Å². The first-order valence-corrected chi connectivity index (χ1v) is 6.11. The highest BCUT2D eigenvalue weighted by atomic mass is 16.6. The van der Waals surface area contributed by atoms with Crippen LogP contribution in [0.2, 0.25) is 0 Å². The van der Waals surface area contributed by atoms with Gasteiger partial charge in [-0.3, -0.25) is 0 Å². The fourth-order valence-corrected chi connectivity index (χ4v) is 1.86. The Kier molecular flexibility index (Phi) is 4.41. The molecule has 1 aliphatic rings. The largest absolute Gasteiger partial charge is 0.497 e. The molecule has 1 amide bonds. The van der Waals surface area contributed by atoms with Crippen LogP contribution in [0.4, 0.5) is 4.79 Å². The first-order valence-electron chi connectivity index (χ1n) is 6.11. The summed E-state index contributed by atoms with van der Waals surface area (Å²) in [6, 6.07) is 7.06. The van der Waals surface area contributed by atoms with Crippen molar-refractivity contribution in [3.63, 3.8) is 0 Å². The molecule has 1 aromatic rings. The summed E-state index contributed by atoms with van der Waals surface area (Å²) in [5.74, 6) is 1.19. The van der Waals surface area contributed by atoms with Crippen molar-refractivity contribution in [1.29, 1.82) is 0 Å². The van der Waals surface area contributed by atoms with Crippen molar-refractivity contribution in [2.75, 3.05) is 33.3 Å². The van der Waals surface area contributed by atoms with Gasteiger partial charge < -0.3 is 19.7 Å². The Morgan fingerprint density at radius 1 is 1.28 bits per heavy atom. The minimum absolute atomic E-state index is 0.299. The Hall–Kier alpha value is -1.75. The van der Waals surface area contributed by atoms with Gasteiger partial charge in [0.2, 0.25) is 0 Å². The Morgan fingerprint density at radius 2 is 2.11 bits per heavy atom. The smallest absolute Gasteiger partial charge is 0.415 e. The molecule has 0 spiro atoms. The van der Waals surface area contributed by atoms with E-state index in [2.05, 4.69) is 5.32 Å². The lowest BCUT2D eigenvalue weighted by molar-refractivity contribution is 0.155. The molecule has 18 heavy (non-hydrogen) atoms. The number of methoxy groups -OCH3 is 1. The van der Waals surface area contributed by atoms with Gasteiger partial charge in [-0.15, -0.1) is 0 Å². The number of amides is 1. The lowest BCUT2D eigenvalue weighted by Crippen LogP contribution is -2.36. The van der Waals surface area contributed by atoms with Crippen molar-refractivity contribution in [1.82, 2.24) is 10.2 Å². The number of hydrogen-bond donors (Lipinski definition) is 1. The van der Waals surface area contributed by atoms with Crippen LogP contribution in [0.25, 0.3) is 0 Å². The molecule has 1 N–H and O–H groups in total. The maximum atomic E-state index is 12.0. The Morgan fingerprint density at radius 3 is 2.94 bits per heavy atom. The quantitative estimate of drug-likeness (QED) is 0.864. The summed E-state index contributed by atoms with van der Waals surface area (Å²) in [6.45, 7) is 3.18. The van der Waals surface area contributed by atoms with E-state index in [-0.39, 0.29) is 6.09 Å². The van der Waals surface area contributed by atoms with E-state index in [4.69, 9.17) is 9.47 Å². The summed E-state index contributed by atoms with van der Waals surface area (Å²) in [5, 5.41) is 3.24. The van der Waals surface area contributed by atoms with Crippen molar-refractivity contribution >= 4 is 6.09 Å². The van der Waals surface area contributed by atoms with Crippen LogP contribution in [0, 0.1) is 0 Å². The van der Waals surface area contributed by atoms with Crippen LogP contribution < -0.4 is 14.8 Å². The predicted molar refractivity (Wildman–Crippen MR) is 68.1 cm³/mol. The fourth-order valence-electron chi connectivity index (χ4n) is 1.86.